The minimum atomic E-state index is -0.342. The van der Waals surface area contributed by atoms with E-state index in [1.165, 1.54) is 8.52 Å². The average molecular weight is 376 g/mol. The summed E-state index contributed by atoms with van der Waals surface area (Å²) in [5, 5.41) is 0. The molecule has 0 saturated heterocycles. The van der Waals surface area contributed by atoms with Gasteiger partial charge in [0, 0.05) is 11.5 Å². The van der Waals surface area contributed by atoms with E-state index in [0.29, 0.717) is 11.4 Å². The van der Waals surface area contributed by atoms with Crippen molar-refractivity contribution in [2.24, 2.45) is 0 Å². The predicted octanol–water partition coefficient (Wildman–Crippen LogP) is 3.90. The Morgan fingerprint density at radius 1 is 0.741 bits per heavy atom. The SMILES string of the molecule is O=c1sn(-c2ccc(Oc3ccccc3)cc2)c(=O)n1Cc1ccccc1. The summed E-state index contributed by atoms with van der Waals surface area (Å²) in [5.74, 6) is 1.40. The van der Waals surface area contributed by atoms with Crippen LogP contribution in [0, 0.1) is 0 Å². The van der Waals surface area contributed by atoms with Gasteiger partial charge in [-0.3, -0.25) is 4.79 Å². The smallest absolute Gasteiger partial charge is 0.346 e. The van der Waals surface area contributed by atoms with Crippen LogP contribution in [-0.2, 0) is 6.54 Å². The maximum absolute atomic E-state index is 12.7. The molecule has 134 valence electrons. The molecule has 0 bridgehead atoms. The fourth-order valence-electron chi connectivity index (χ4n) is 2.69. The number of para-hydroxylation sites is 1. The van der Waals surface area contributed by atoms with E-state index in [-0.39, 0.29) is 17.1 Å². The molecule has 4 aromatic rings. The number of rotatable bonds is 5. The van der Waals surface area contributed by atoms with Crippen molar-refractivity contribution in [3.63, 3.8) is 0 Å². The number of aromatic nitrogens is 2. The molecule has 0 aliphatic rings. The third kappa shape index (κ3) is 3.75. The second kappa shape index (κ2) is 7.47. The van der Waals surface area contributed by atoms with Gasteiger partial charge in [-0.25, -0.2) is 13.3 Å². The van der Waals surface area contributed by atoms with E-state index in [4.69, 9.17) is 4.74 Å². The zero-order valence-corrected chi connectivity index (χ0v) is 15.1. The fourth-order valence-corrected chi connectivity index (χ4v) is 3.49. The first kappa shape index (κ1) is 17.1. The molecule has 3 aromatic carbocycles. The van der Waals surface area contributed by atoms with Crippen molar-refractivity contribution in [3.05, 3.63) is 111 Å². The Morgan fingerprint density at radius 3 is 2.00 bits per heavy atom. The molecule has 5 nitrogen and oxygen atoms in total. The molecule has 0 fully saturated rings. The van der Waals surface area contributed by atoms with Gasteiger partial charge in [-0.1, -0.05) is 48.5 Å². The molecular weight excluding hydrogens is 360 g/mol. The largest absolute Gasteiger partial charge is 0.457 e. The van der Waals surface area contributed by atoms with Gasteiger partial charge in [-0.2, -0.15) is 0 Å². The first-order chi connectivity index (χ1) is 13.2. The van der Waals surface area contributed by atoms with Crippen molar-refractivity contribution in [1.82, 2.24) is 8.52 Å². The molecule has 0 spiro atoms. The van der Waals surface area contributed by atoms with Crippen LogP contribution >= 0.6 is 11.5 Å². The average Bonchev–Trinajstić information content (AvgIpc) is 2.98. The molecule has 0 atom stereocenters. The highest BCUT2D eigenvalue weighted by atomic mass is 32.1. The van der Waals surface area contributed by atoms with Crippen LogP contribution < -0.4 is 15.3 Å². The minimum Gasteiger partial charge on any atom is -0.457 e. The van der Waals surface area contributed by atoms with Crippen molar-refractivity contribution in [3.8, 4) is 17.2 Å². The lowest BCUT2D eigenvalue weighted by Gasteiger charge is -2.06. The van der Waals surface area contributed by atoms with Crippen molar-refractivity contribution in [2.75, 3.05) is 0 Å². The summed E-state index contributed by atoms with van der Waals surface area (Å²) >= 11 is 0.894. The Bertz CT molecular complexity index is 1140. The van der Waals surface area contributed by atoms with E-state index >= 15 is 0 Å². The monoisotopic (exact) mass is 376 g/mol. The zero-order valence-electron chi connectivity index (χ0n) is 14.3. The van der Waals surface area contributed by atoms with E-state index < -0.39 is 0 Å². The third-order valence-electron chi connectivity index (χ3n) is 4.03. The molecule has 0 radical (unpaired) electrons. The van der Waals surface area contributed by atoms with E-state index in [0.717, 1.165) is 22.8 Å². The highest BCUT2D eigenvalue weighted by Gasteiger charge is 2.12. The Kier molecular flexibility index (Phi) is 4.72. The standard InChI is InChI=1S/C21H16N2O3S/c24-20-22(15-16-7-3-1-4-8-16)21(25)27-23(20)17-11-13-19(14-12-17)26-18-9-5-2-6-10-18/h1-14H,15H2. The lowest BCUT2D eigenvalue weighted by molar-refractivity contribution is 0.482. The van der Waals surface area contributed by atoms with Crippen molar-refractivity contribution in [1.29, 1.82) is 0 Å². The Balaban J connectivity index is 1.59. The molecule has 0 N–H and O–H groups in total. The number of ether oxygens (including phenoxy) is 1. The highest BCUT2D eigenvalue weighted by Crippen LogP contribution is 2.22. The van der Waals surface area contributed by atoms with Gasteiger partial charge in [0.2, 0.25) is 0 Å². The lowest BCUT2D eigenvalue weighted by atomic mass is 10.2. The van der Waals surface area contributed by atoms with Crippen molar-refractivity contribution >= 4 is 11.5 Å². The molecule has 0 aliphatic carbocycles. The van der Waals surface area contributed by atoms with Gasteiger partial charge in [-0.05, 0) is 42.0 Å². The normalized spacial score (nSPS) is 10.7. The number of benzene rings is 3. The first-order valence-corrected chi connectivity index (χ1v) is 9.18. The Labute approximate surface area is 159 Å². The lowest BCUT2D eigenvalue weighted by Crippen LogP contribution is -2.28. The van der Waals surface area contributed by atoms with Gasteiger partial charge in [0.15, 0.2) is 0 Å². The fraction of sp³-hybridized carbons (Fsp3) is 0.0476. The maximum atomic E-state index is 12.7. The van der Waals surface area contributed by atoms with Gasteiger partial charge in [0.1, 0.15) is 11.5 Å². The van der Waals surface area contributed by atoms with Crippen LogP contribution in [-0.4, -0.2) is 8.52 Å². The second-order valence-corrected chi connectivity index (χ2v) is 6.81. The highest BCUT2D eigenvalue weighted by molar-refractivity contribution is 7.03. The van der Waals surface area contributed by atoms with E-state index in [1.807, 2.05) is 60.7 Å². The van der Waals surface area contributed by atoms with Crippen LogP contribution in [0.15, 0.2) is 94.5 Å². The molecule has 1 heterocycles. The van der Waals surface area contributed by atoms with E-state index in [1.54, 1.807) is 24.3 Å². The minimum absolute atomic E-state index is 0.261. The van der Waals surface area contributed by atoms with Crippen LogP contribution in [0.3, 0.4) is 0 Å². The van der Waals surface area contributed by atoms with Gasteiger partial charge >= 0.3 is 10.6 Å². The number of hydrogen-bond donors (Lipinski definition) is 0. The Hall–Kier alpha value is -3.38. The second-order valence-electron chi connectivity index (χ2n) is 5.91. The summed E-state index contributed by atoms with van der Waals surface area (Å²) in [4.78, 5) is 24.7. The van der Waals surface area contributed by atoms with Gasteiger partial charge in [0.05, 0.1) is 12.2 Å². The van der Waals surface area contributed by atoms with Crippen LogP contribution in [0.2, 0.25) is 0 Å². The molecule has 4 rings (SSSR count). The molecular formula is C21H16N2O3S. The van der Waals surface area contributed by atoms with Crippen LogP contribution in [0.5, 0.6) is 11.5 Å². The Morgan fingerprint density at radius 2 is 1.33 bits per heavy atom. The van der Waals surface area contributed by atoms with Gasteiger partial charge in [-0.15, -0.1) is 0 Å². The summed E-state index contributed by atoms with van der Waals surface area (Å²) in [6, 6.07) is 26.0. The molecule has 0 amide bonds. The summed E-state index contributed by atoms with van der Waals surface area (Å²) < 4.78 is 8.40. The maximum Gasteiger partial charge on any atom is 0.346 e. The third-order valence-corrected chi connectivity index (χ3v) is 4.95. The summed E-state index contributed by atoms with van der Waals surface area (Å²) in [5.41, 5.74) is 1.20. The molecule has 6 heteroatoms. The van der Waals surface area contributed by atoms with E-state index in [2.05, 4.69) is 0 Å². The summed E-state index contributed by atoms with van der Waals surface area (Å²) in [6.45, 7) is 0.261. The summed E-state index contributed by atoms with van der Waals surface area (Å²) in [7, 11) is 0. The van der Waals surface area contributed by atoms with Crippen LogP contribution in [0.25, 0.3) is 5.69 Å². The molecule has 27 heavy (non-hydrogen) atoms. The number of hydrogen-bond acceptors (Lipinski definition) is 4. The summed E-state index contributed by atoms with van der Waals surface area (Å²) in [6.07, 6.45) is 0. The van der Waals surface area contributed by atoms with E-state index in [9.17, 15) is 9.59 Å². The predicted molar refractivity (Wildman–Crippen MR) is 106 cm³/mol. The molecule has 0 unspecified atom stereocenters. The quantitative estimate of drug-likeness (QED) is 0.531. The van der Waals surface area contributed by atoms with Gasteiger partial charge < -0.3 is 4.74 Å². The number of nitrogens with zero attached hydrogens (tertiary/aromatic N) is 2. The molecule has 0 saturated carbocycles. The molecule has 1 aromatic heterocycles. The first-order valence-electron chi connectivity index (χ1n) is 8.41. The van der Waals surface area contributed by atoms with Crippen molar-refractivity contribution < 1.29 is 4.74 Å². The van der Waals surface area contributed by atoms with Crippen LogP contribution in [0.1, 0.15) is 5.56 Å². The topological polar surface area (TPSA) is 53.2 Å². The zero-order chi connectivity index (χ0) is 18.6. The molecule has 0 aliphatic heterocycles. The van der Waals surface area contributed by atoms with Crippen molar-refractivity contribution in [2.45, 2.75) is 6.54 Å². The van der Waals surface area contributed by atoms with Crippen LogP contribution in [0.4, 0.5) is 0 Å². The van der Waals surface area contributed by atoms with Gasteiger partial charge in [0.25, 0.3) is 0 Å².